The predicted octanol–water partition coefficient (Wildman–Crippen LogP) is 0.305. The smallest absolute Gasteiger partial charge is 0.249 e. The van der Waals surface area contributed by atoms with Crippen LogP contribution in [-0.4, -0.2) is 66.1 Å². The minimum atomic E-state index is -0.209. The SMILES string of the molecule is Cc1n[nH]c(C)c1C1COCCN1C(=O)COC1(C)CNC1. The highest BCUT2D eigenvalue weighted by atomic mass is 16.5. The zero-order valence-electron chi connectivity index (χ0n) is 13.4. The number of hydrogen-bond donors (Lipinski definition) is 2. The highest BCUT2D eigenvalue weighted by Crippen LogP contribution is 2.28. The predicted molar refractivity (Wildman–Crippen MR) is 80.6 cm³/mol. The quantitative estimate of drug-likeness (QED) is 0.836. The topological polar surface area (TPSA) is 79.5 Å². The number of nitrogens with zero attached hydrogens (tertiary/aromatic N) is 2. The van der Waals surface area contributed by atoms with E-state index in [0.717, 1.165) is 30.0 Å². The standard InChI is InChI=1S/C15H24N4O3/c1-10-14(11(2)18-17-10)12-6-21-5-4-19(12)13(20)7-22-15(3)8-16-9-15/h12,16H,4-9H2,1-3H3,(H,17,18). The van der Waals surface area contributed by atoms with Gasteiger partial charge in [-0.2, -0.15) is 5.10 Å². The van der Waals surface area contributed by atoms with E-state index in [2.05, 4.69) is 15.5 Å². The highest BCUT2D eigenvalue weighted by molar-refractivity contribution is 5.78. The molecule has 0 aromatic carbocycles. The molecule has 2 aliphatic heterocycles. The first kappa shape index (κ1) is 15.5. The van der Waals surface area contributed by atoms with E-state index >= 15 is 0 Å². The summed E-state index contributed by atoms with van der Waals surface area (Å²) in [7, 11) is 0. The normalized spacial score (nSPS) is 24.1. The summed E-state index contributed by atoms with van der Waals surface area (Å²) in [6, 6.07) is -0.0871. The Morgan fingerprint density at radius 3 is 2.86 bits per heavy atom. The Labute approximate surface area is 130 Å². The van der Waals surface area contributed by atoms with Crippen LogP contribution in [0.4, 0.5) is 0 Å². The van der Waals surface area contributed by atoms with Crippen LogP contribution in [-0.2, 0) is 14.3 Å². The summed E-state index contributed by atoms with van der Waals surface area (Å²) in [5.41, 5.74) is 2.76. The van der Waals surface area contributed by atoms with Gasteiger partial charge in [0.2, 0.25) is 5.91 Å². The van der Waals surface area contributed by atoms with Gasteiger partial charge in [-0.3, -0.25) is 9.89 Å². The molecule has 2 aliphatic rings. The molecular weight excluding hydrogens is 284 g/mol. The Bertz CT molecular complexity index is 533. The molecule has 1 amide bonds. The molecule has 22 heavy (non-hydrogen) atoms. The number of aryl methyl sites for hydroxylation is 2. The van der Waals surface area contributed by atoms with E-state index in [1.165, 1.54) is 0 Å². The molecule has 0 aliphatic carbocycles. The van der Waals surface area contributed by atoms with Gasteiger partial charge in [-0.1, -0.05) is 0 Å². The number of carbonyl (C=O) groups excluding carboxylic acids is 1. The van der Waals surface area contributed by atoms with Crippen molar-refractivity contribution in [1.82, 2.24) is 20.4 Å². The van der Waals surface area contributed by atoms with Gasteiger partial charge in [-0.05, 0) is 20.8 Å². The van der Waals surface area contributed by atoms with Crippen LogP contribution in [0.5, 0.6) is 0 Å². The number of nitrogens with one attached hydrogen (secondary N) is 2. The van der Waals surface area contributed by atoms with Crippen molar-refractivity contribution in [3.8, 4) is 0 Å². The van der Waals surface area contributed by atoms with Crippen molar-refractivity contribution in [2.24, 2.45) is 0 Å². The Hall–Kier alpha value is -1.44. The first-order valence-electron chi connectivity index (χ1n) is 7.73. The molecule has 1 aromatic rings. The van der Waals surface area contributed by atoms with Gasteiger partial charge in [0.25, 0.3) is 0 Å². The van der Waals surface area contributed by atoms with Gasteiger partial charge in [-0.25, -0.2) is 0 Å². The molecular formula is C15H24N4O3. The van der Waals surface area contributed by atoms with Crippen molar-refractivity contribution in [3.63, 3.8) is 0 Å². The maximum atomic E-state index is 12.6. The van der Waals surface area contributed by atoms with Crippen molar-refractivity contribution >= 4 is 5.91 Å². The molecule has 1 atom stereocenters. The molecule has 3 heterocycles. The van der Waals surface area contributed by atoms with Gasteiger partial charge in [0.1, 0.15) is 6.61 Å². The molecule has 1 aromatic heterocycles. The molecule has 0 saturated carbocycles. The monoisotopic (exact) mass is 308 g/mol. The molecule has 7 nitrogen and oxygen atoms in total. The van der Waals surface area contributed by atoms with Crippen molar-refractivity contribution in [3.05, 3.63) is 17.0 Å². The van der Waals surface area contributed by atoms with Gasteiger partial charge in [0, 0.05) is 30.9 Å². The van der Waals surface area contributed by atoms with Crippen molar-refractivity contribution < 1.29 is 14.3 Å². The fraction of sp³-hybridized carbons (Fsp3) is 0.733. The average molecular weight is 308 g/mol. The lowest BCUT2D eigenvalue weighted by Gasteiger charge is -2.40. The summed E-state index contributed by atoms with van der Waals surface area (Å²) in [6.45, 7) is 9.33. The number of aromatic amines is 1. The van der Waals surface area contributed by atoms with Crippen LogP contribution in [0.15, 0.2) is 0 Å². The van der Waals surface area contributed by atoms with Crippen LogP contribution in [0, 0.1) is 13.8 Å². The lowest BCUT2D eigenvalue weighted by molar-refractivity contribution is -0.154. The van der Waals surface area contributed by atoms with Crippen LogP contribution in [0.1, 0.15) is 29.9 Å². The lowest BCUT2D eigenvalue weighted by Crippen LogP contribution is -2.60. The van der Waals surface area contributed by atoms with E-state index in [1.54, 1.807) is 0 Å². The third-order valence-electron chi connectivity index (χ3n) is 4.51. The Balaban J connectivity index is 1.70. The molecule has 3 rings (SSSR count). The van der Waals surface area contributed by atoms with E-state index in [4.69, 9.17) is 9.47 Å². The zero-order valence-corrected chi connectivity index (χ0v) is 13.4. The van der Waals surface area contributed by atoms with E-state index < -0.39 is 0 Å². The number of carbonyl (C=O) groups is 1. The van der Waals surface area contributed by atoms with Gasteiger partial charge in [0.15, 0.2) is 0 Å². The zero-order chi connectivity index (χ0) is 15.7. The summed E-state index contributed by atoms with van der Waals surface area (Å²) < 4.78 is 11.4. The number of H-pyrrole nitrogens is 1. The highest BCUT2D eigenvalue weighted by Gasteiger charge is 2.36. The van der Waals surface area contributed by atoms with Crippen LogP contribution in [0.3, 0.4) is 0 Å². The van der Waals surface area contributed by atoms with Gasteiger partial charge in [0.05, 0.1) is 30.6 Å². The number of ether oxygens (including phenoxy) is 2. The third-order valence-corrected chi connectivity index (χ3v) is 4.51. The van der Waals surface area contributed by atoms with Crippen molar-refractivity contribution in [1.29, 1.82) is 0 Å². The van der Waals surface area contributed by atoms with Crippen molar-refractivity contribution in [2.45, 2.75) is 32.4 Å². The number of hydrogen-bond acceptors (Lipinski definition) is 5. The summed E-state index contributed by atoms with van der Waals surface area (Å²) >= 11 is 0. The van der Waals surface area contributed by atoms with E-state index in [-0.39, 0.29) is 24.2 Å². The summed E-state index contributed by atoms with van der Waals surface area (Å²) in [6.07, 6.45) is 0. The first-order chi connectivity index (χ1) is 10.5. The van der Waals surface area contributed by atoms with Crippen LogP contribution < -0.4 is 5.32 Å². The van der Waals surface area contributed by atoms with E-state index in [1.807, 2.05) is 25.7 Å². The van der Waals surface area contributed by atoms with Crippen molar-refractivity contribution in [2.75, 3.05) is 39.5 Å². The molecule has 0 radical (unpaired) electrons. The molecule has 2 saturated heterocycles. The average Bonchev–Trinajstić information content (AvgIpc) is 2.82. The van der Waals surface area contributed by atoms with Gasteiger partial charge >= 0.3 is 0 Å². The third kappa shape index (κ3) is 2.88. The summed E-state index contributed by atoms with van der Waals surface area (Å²) in [5, 5.41) is 10.4. The fourth-order valence-electron chi connectivity index (χ4n) is 3.09. The van der Waals surface area contributed by atoms with Crippen LogP contribution >= 0.6 is 0 Å². The number of aromatic nitrogens is 2. The van der Waals surface area contributed by atoms with Gasteiger partial charge < -0.3 is 19.7 Å². The minimum Gasteiger partial charge on any atom is -0.377 e. The Kier molecular flexibility index (Phi) is 4.20. The first-order valence-corrected chi connectivity index (χ1v) is 7.73. The molecule has 0 bridgehead atoms. The summed E-state index contributed by atoms with van der Waals surface area (Å²) in [4.78, 5) is 14.5. The van der Waals surface area contributed by atoms with E-state index in [9.17, 15) is 4.79 Å². The van der Waals surface area contributed by atoms with Gasteiger partial charge in [-0.15, -0.1) is 0 Å². The lowest BCUT2D eigenvalue weighted by atomic mass is 10.00. The fourth-order valence-corrected chi connectivity index (χ4v) is 3.09. The molecule has 7 heteroatoms. The molecule has 2 N–H and O–H groups in total. The number of rotatable bonds is 4. The molecule has 0 spiro atoms. The molecule has 122 valence electrons. The molecule has 1 unspecified atom stereocenters. The number of morpholine rings is 1. The number of amides is 1. The Morgan fingerprint density at radius 1 is 1.50 bits per heavy atom. The second-order valence-electron chi connectivity index (χ2n) is 6.37. The maximum Gasteiger partial charge on any atom is 0.249 e. The second-order valence-corrected chi connectivity index (χ2v) is 6.37. The second kappa shape index (κ2) is 5.98. The summed E-state index contributed by atoms with van der Waals surface area (Å²) in [5.74, 6) is 0.0152. The largest absolute Gasteiger partial charge is 0.377 e. The van der Waals surface area contributed by atoms with Crippen LogP contribution in [0.25, 0.3) is 0 Å². The van der Waals surface area contributed by atoms with E-state index in [0.29, 0.717) is 19.8 Å². The Morgan fingerprint density at radius 2 is 2.27 bits per heavy atom. The maximum absolute atomic E-state index is 12.6. The minimum absolute atomic E-state index is 0.0152. The molecule has 2 fully saturated rings. The van der Waals surface area contributed by atoms with Crippen LogP contribution in [0.2, 0.25) is 0 Å².